The second kappa shape index (κ2) is 15.3. The Morgan fingerprint density at radius 1 is 0.742 bits per heavy atom. The van der Waals surface area contributed by atoms with Crippen molar-refractivity contribution in [3.8, 4) is 23.5 Å². The average molecular weight is 482 g/mol. The Bertz CT molecular complexity index is 781. The molecule has 0 aliphatic rings. The first-order valence-electron chi connectivity index (χ1n) is 12.5. The van der Waals surface area contributed by atoms with Crippen LogP contribution in [0.1, 0.15) is 102 Å². The molecule has 1 unspecified atom stereocenters. The van der Waals surface area contributed by atoms with Gasteiger partial charge in [-0.1, -0.05) is 127 Å². The molecule has 2 aromatic carbocycles. The second-order valence-electron chi connectivity index (χ2n) is 9.01. The van der Waals surface area contributed by atoms with Crippen LogP contribution in [0.15, 0.2) is 46.9 Å². The van der Waals surface area contributed by atoms with Gasteiger partial charge in [0.1, 0.15) is 0 Å². The van der Waals surface area contributed by atoms with Crippen LogP contribution >= 0.6 is 15.9 Å². The molecule has 0 radical (unpaired) electrons. The number of benzene rings is 2. The van der Waals surface area contributed by atoms with Crippen molar-refractivity contribution < 1.29 is 0 Å². The first kappa shape index (κ1) is 25.7. The molecular formula is C30H41Br. The predicted octanol–water partition coefficient (Wildman–Crippen LogP) is 9.98. The zero-order valence-electron chi connectivity index (χ0n) is 19.8. The van der Waals surface area contributed by atoms with Crippen molar-refractivity contribution in [2.75, 3.05) is 0 Å². The number of halogens is 1. The average Bonchev–Trinajstić information content (AvgIpc) is 2.79. The molecule has 0 nitrogen and oxygen atoms in total. The topological polar surface area (TPSA) is 0 Å². The lowest BCUT2D eigenvalue weighted by molar-refractivity contribution is 0.402. The summed E-state index contributed by atoms with van der Waals surface area (Å²) < 4.78 is 0.989. The van der Waals surface area contributed by atoms with Gasteiger partial charge in [0.2, 0.25) is 0 Å². The molecule has 0 heterocycles. The molecule has 1 heteroatoms. The Morgan fingerprint density at radius 2 is 1.29 bits per heavy atom. The lowest BCUT2D eigenvalue weighted by atomic mass is 9.88. The monoisotopic (exact) mass is 480 g/mol. The zero-order chi connectivity index (χ0) is 22.3. The van der Waals surface area contributed by atoms with E-state index in [2.05, 4.69) is 72.1 Å². The van der Waals surface area contributed by atoms with E-state index in [0.29, 0.717) is 0 Å². The lowest BCUT2D eigenvalue weighted by Gasteiger charge is -2.17. The summed E-state index contributed by atoms with van der Waals surface area (Å²) in [6, 6.07) is 15.5. The largest absolute Gasteiger partial charge is 0.115 e. The van der Waals surface area contributed by atoms with E-state index >= 15 is 0 Å². The van der Waals surface area contributed by atoms with E-state index < -0.39 is 0 Å². The van der Waals surface area contributed by atoms with Gasteiger partial charge < -0.3 is 0 Å². The molecular weight excluding hydrogens is 440 g/mol. The number of hydrogen-bond acceptors (Lipinski definition) is 0. The number of unbranched alkanes of at least 4 members (excludes halogenated alkanes) is 8. The van der Waals surface area contributed by atoms with Gasteiger partial charge in [0.05, 0.1) is 0 Å². The zero-order valence-corrected chi connectivity index (χ0v) is 21.4. The Hall–Kier alpha value is -1.52. The van der Waals surface area contributed by atoms with Crippen LogP contribution in [-0.2, 0) is 6.42 Å². The normalized spacial score (nSPS) is 11.9. The van der Waals surface area contributed by atoms with Crippen LogP contribution in [0.2, 0.25) is 0 Å². The van der Waals surface area contributed by atoms with Crippen LogP contribution in [-0.4, -0.2) is 0 Å². The highest BCUT2D eigenvalue weighted by atomic mass is 79.9. The third-order valence-electron chi connectivity index (χ3n) is 6.37. The van der Waals surface area contributed by atoms with Gasteiger partial charge in [-0.25, -0.2) is 0 Å². The fraction of sp³-hybridized carbons (Fsp3) is 0.533. The van der Waals surface area contributed by atoms with Crippen molar-refractivity contribution in [3.05, 3.63) is 58.1 Å². The van der Waals surface area contributed by atoms with Crippen LogP contribution in [0.5, 0.6) is 0 Å². The van der Waals surface area contributed by atoms with Crippen molar-refractivity contribution in [3.63, 3.8) is 0 Å². The van der Waals surface area contributed by atoms with Gasteiger partial charge in [0, 0.05) is 10.0 Å². The summed E-state index contributed by atoms with van der Waals surface area (Å²) in [7, 11) is 0. The molecule has 0 fully saturated rings. The van der Waals surface area contributed by atoms with Gasteiger partial charge in [0.15, 0.2) is 0 Å². The Balaban J connectivity index is 1.93. The van der Waals surface area contributed by atoms with Gasteiger partial charge in [-0.3, -0.25) is 0 Å². The van der Waals surface area contributed by atoms with E-state index in [0.717, 1.165) is 16.0 Å². The van der Waals surface area contributed by atoms with E-state index in [1.165, 1.54) is 100 Å². The van der Waals surface area contributed by atoms with Gasteiger partial charge in [0.25, 0.3) is 0 Å². The van der Waals surface area contributed by atoms with E-state index in [-0.39, 0.29) is 0 Å². The van der Waals surface area contributed by atoms with Gasteiger partial charge >= 0.3 is 0 Å². The molecule has 2 aromatic rings. The molecule has 2 rings (SSSR count). The number of terminal acetylenes is 1. The molecule has 31 heavy (non-hydrogen) atoms. The molecule has 168 valence electrons. The number of hydrogen-bond donors (Lipinski definition) is 0. The molecule has 1 atom stereocenters. The minimum atomic E-state index is 0.831. The fourth-order valence-electron chi connectivity index (χ4n) is 4.40. The van der Waals surface area contributed by atoms with Crippen LogP contribution < -0.4 is 0 Å². The number of rotatable bonds is 15. The summed E-state index contributed by atoms with van der Waals surface area (Å²) in [6.07, 6.45) is 23.4. The van der Waals surface area contributed by atoms with Crippen molar-refractivity contribution >= 4 is 15.9 Å². The van der Waals surface area contributed by atoms with Crippen molar-refractivity contribution in [1.82, 2.24) is 0 Å². The first-order chi connectivity index (χ1) is 15.2. The van der Waals surface area contributed by atoms with Crippen LogP contribution in [0.3, 0.4) is 0 Å². The lowest BCUT2D eigenvalue weighted by Crippen LogP contribution is -2.05. The summed E-state index contributed by atoms with van der Waals surface area (Å²) in [4.78, 5) is 0. The molecule has 0 N–H and O–H groups in total. The molecule has 0 spiro atoms. The van der Waals surface area contributed by atoms with Crippen molar-refractivity contribution in [1.29, 1.82) is 0 Å². The maximum absolute atomic E-state index is 5.54. The molecule has 0 saturated heterocycles. The van der Waals surface area contributed by atoms with Crippen LogP contribution in [0, 0.1) is 18.3 Å². The van der Waals surface area contributed by atoms with Gasteiger partial charge in [-0.15, -0.1) is 6.42 Å². The molecule has 0 aromatic heterocycles. The maximum Gasteiger partial charge on any atom is 0.0385 e. The highest BCUT2D eigenvalue weighted by molar-refractivity contribution is 9.10. The Labute approximate surface area is 200 Å². The van der Waals surface area contributed by atoms with E-state index in [1.807, 2.05) is 6.07 Å². The molecule has 0 saturated carbocycles. The summed E-state index contributed by atoms with van der Waals surface area (Å²) in [5, 5.41) is 0. The van der Waals surface area contributed by atoms with Crippen molar-refractivity contribution in [2.24, 2.45) is 5.92 Å². The molecule has 0 aliphatic carbocycles. The molecule has 0 aliphatic heterocycles. The van der Waals surface area contributed by atoms with E-state index in [9.17, 15) is 0 Å². The van der Waals surface area contributed by atoms with Crippen LogP contribution in [0.4, 0.5) is 0 Å². The summed E-state index contributed by atoms with van der Waals surface area (Å²) in [6.45, 7) is 4.59. The van der Waals surface area contributed by atoms with Gasteiger partial charge in [-0.05, 0) is 57.1 Å². The highest BCUT2D eigenvalue weighted by Crippen LogP contribution is 2.28. The molecule has 0 amide bonds. The first-order valence-corrected chi connectivity index (χ1v) is 13.3. The standard InChI is InChI=1S/C30H41Br/c1-4-7-9-11-12-14-16-25(15-13-10-8-5-2)23-26-17-19-28(20-18-26)29-22-21-27(6-3)30(31)24-29/h3,17-22,24-25H,4-5,7-16,23H2,1-2H3. The maximum atomic E-state index is 5.54. The summed E-state index contributed by atoms with van der Waals surface area (Å²) in [5.74, 6) is 3.54. The smallest absolute Gasteiger partial charge is 0.0385 e. The predicted molar refractivity (Wildman–Crippen MR) is 141 cm³/mol. The highest BCUT2D eigenvalue weighted by Gasteiger charge is 2.11. The summed E-state index contributed by atoms with van der Waals surface area (Å²) in [5.41, 5.74) is 4.85. The fourth-order valence-corrected chi connectivity index (χ4v) is 4.89. The summed E-state index contributed by atoms with van der Waals surface area (Å²) >= 11 is 3.59. The minimum absolute atomic E-state index is 0.831. The minimum Gasteiger partial charge on any atom is -0.115 e. The van der Waals surface area contributed by atoms with Crippen molar-refractivity contribution in [2.45, 2.75) is 97.3 Å². The molecule has 0 bridgehead atoms. The van der Waals surface area contributed by atoms with E-state index in [1.54, 1.807) is 0 Å². The Kier molecular flexibility index (Phi) is 12.7. The van der Waals surface area contributed by atoms with Crippen LogP contribution in [0.25, 0.3) is 11.1 Å². The quantitative estimate of drug-likeness (QED) is 0.175. The third-order valence-corrected chi connectivity index (χ3v) is 7.02. The SMILES string of the molecule is C#Cc1ccc(-c2ccc(CC(CCCCCC)CCCCCCCC)cc2)cc1Br. The van der Waals surface area contributed by atoms with Gasteiger partial charge in [-0.2, -0.15) is 0 Å². The third kappa shape index (κ3) is 9.65. The van der Waals surface area contributed by atoms with E-state index in [4.69, 9.17) is 6.42 Å². The second-order valence-corrected chi connectivity index (χ2v) is 9.87. The Morgan fingerprint density at radius 3 is 1.87 bits per heavy atom.